The maximum absolute atomic E-state index is 5.90. The van der Waals surface area contributed by atoms with Crippen LogP contribution in [0.1, 0.15) is 12.5 Å². The molecule has 1 nitrogen and oxygen atoms in total. The molecule has 1 aromatic carbocycles. The summed E-state index contributed by atoms with van der Waals surface area (Å²) in [6, 6.07) is 0. The minimum Gasteiger partial charge on any atom is -0.389 e. The average Bonchev–Trinajstić information content (AvgIpc) is 2.16. The molecule has 0 spiro atoms. The van der Waals surface area contributed by atoms with Crippen LogP contribution in [-0.2, 0) is 6.42 Å². The van der Waals surface area contributed by atoms with Gasteiger partial charge in [-0.05, 0) is 6.42 Å². The fourth-order valence-electron chi connectivity index (χ4n) is 1.53. The molecule has 0 amide bonds. The van der Waals surface area contributed by atoms with E-state index >= 15 is 0 Å². The first-order chi connectivity index (χ1) is 6.54. The molecule has 0 aliphatic rings. The van der Waals surface area contributed by atoms with E-state index in [0.29, 0.717) is 27.5 Å². The average molecular weight is 174 g/mol. The third kappa shape index (κ3) is 1.60. The largest absolute Gasteiger partial charge is 0.389 e. The molecule has 0 aromatic heterocycles. The quantitative estimate of drug-likeness (QED) is 0.488. The van der Waals surface area contributed by atoms with Crippen LogP contribution in [0.2, 0.25) is 0 Å². The lowest BCUT2D eigenvalue weighted by Crippen LogP contribution is -2.47. The number of benzene rings is 1. The molecule has 14 heavy (non-hydrogen) atoms. The summed E-state index contributed by atoms with van der Waals surface area (Å²) in [4.78, 5) is 0. The zero-order chi connectivity index (χ0) is 10.9. The Bertz CT molecular complexity index is 331. The highest BCUT2D eigenvalue weighted by atomic mass is 14.8. The van der Waals surface area contributed by atoms with Crippen LogP contribution in [0.15, 0.2) is 0 Å². The minimum absolute atomic E-state index is 0.403. The van der Waals surface area contributed by atoms with Crippen molar-refractivity contribution >= 4 is 58.9 Å². The van der Waals surface area contributed by atoms with E-state index in [1.54, 1.807) is 7.05 Å². The van der Waals surface area contributed by atoms with Crippen molar-refractivity contribution in [3.63, 3.8) is 0 Å². The van der Waals surface area contributed by atoms with Crippen molar-refractivity contribution in [2.75, 3.05) is 12.4 Å². The number of hydrogen-bond acceptors (Lipinski definition) is 1. The van der Waals surface area contributed by atoms with Gasteiger partial charge in [0.05, 0.1) is 0 Å². The van der Waals surface area contributed by atoms with Crippen molar-refractivity contribution in [1.29, 1.82) is 0 Å². The molecule has 62 valence electrons. The van der Waals surface area contributed by atoms with Gasteiger partial charge in [-0.1, -0.05) is 23.4 Å². The second-order valence-corrected chi connectivity index (χ2v) is 3.11. The summed E-state index contributed by atoms with van der Waals surface area (Å²) in [6.45, 7) is 1.97. The van der Waals surface area contributed by atoms with Crippen molar-refractivity contribution < 1.29 is 0 Å². The summed E-state index contributed by atoms with van der Waals surface area (Å²) in [6.07, 6.45) is 0.733. The van der Waals surface area contributed by atoms with Crippen LogP contribution in [0.4, 0.5) is 5.69 Å². The summed E-state index contributed by atoms with van der Waals surface area (Å²) in [7, 11) is 25.0. The number of hydrogen-bond donors (Lipinski definition) is 1. The van der Waals surface area contributed by atoms with Gasteiger partial charge in [-0.3, -0.25) is 0 Å². The molecule has 0 heterocycles. The first-order valence-electron chi connectivity index (χ1n) is 4.47. The van der Waals surface area contributed by atoms with Crippen LogP contribution in [0.25, 0.3) is 0 Å². The minimum atomic E-state index is 0.403. The van der Waals surface area contributed by atoms with E-state index < -0.39 is 0 Å². The van der Waals surface area contributed by atoms with Gasteiger partial charge in [0, 0.05) is 12.7 Å². The van der Waals surface area contributed by atoms with Crippen LogP contribution in [0, 0.1) is 0 Å². The summed E-state index contributed by atoms with van der Waals surface area (Å²) in [5.74, 6) is 0. The summed E-state index contributed by atoms with van der Waals surface area (Å²) < 4.78 is 0. The van der Waals surface area contributed by atoms with Gasteiger partial charge < -0.3 is 5.32 Å². The predicted molar refractivity (Wildman–Crippen MR) is 66.9 cm³/mol. The van der Waals surface area contributed by atoms with Gasteiger partial charge in [-0.15, -0.1) is 10.9 Å². The Labute approximate surface area is 90.7 Å². The van der Waals surface area contributed by atoms with E-state index in [4.69, 9.17) is 31.4 Å². The monoisotopic (exact) mass is 175 g/mol. The van der Waals surface area contributed by atoms with Crippen molar-refractivity contribution in [2.45, 2.75) is 13.3 Å². The molecule has 0 fully saturated rings. The van der Waals surface area contributed by atoms with Crippen molar-refractivity contribution in [3.05, 3.63) is 5.56 Å². The maximum atomic E-state index is 5.90. The molecule has 1 aromatic rings. The highest BCUT2D eigenvalue weighted by Crippen LogP contribution is 1.99. The molecule has 1 rings (SSSR count). The summed E-state index contributed by atoms with van der Waals surface area (Å²) in [5, 5.41) is 2.92. The van der Waals surface area contributed by atoms with Crippen LogP contribution in [0.5, 0.6) is 0 Å². The fraction of sp³-hybridized carbons (Fsp3) is 0.333. The lowest BCUT2D eigenvalue weighted by atomic mass is 9.65. The first-order valence-corrected chi connectivity index (χ1v) is 4.47. The van der Waals surface area contributed by atoms with E-state index in [2.05, 4.69) is 5.32 Å². The third-order valence-corrected chi connectivity index (χ3v) is 2.37. The topological polar surface area (TPSA) is 12.0 Å². The normalized spacial score (nSPS) is 10.1. The van der Waals surface area contributed by atoms with Crippen molar-refractivity contribution in [1.82, 2.24) is 0 Å². The van der Waals surface area contributed by atoms with Crippen LogP contribution in [-0.4, -0.2) is 38.4 Å². The van der Waals surface area contributed by atoms with Gasteiger partial charge in [-0.25, -0.2) is 0 Å². The summed E-state index contributed by atoms with van der Waals surface area (Å²) >= 11 is 0. The van der Waals surface area contributed by atoms with Gasteiger partial charge >= 0.3 is 0 Å². The summed E-state index contributed by atoms with van der Waals surface area (Å²) in [5.41, 5.74) is 3.40. The molecule has 0 saturated heterocycles. The standard InChI is InChI=1S/C9H9B4N/c1-3-4-5(10)7(12)8(13)9(14-2)6(4)11/h14H,3H2,1-2H3. The van der Waals surface area contributed by atoms with E-state index in [1.165, 1.54) is 0 Å². The number of rotatable bonds is 2. The zero-order valence-corrected chi connectivity index (χ0v) is 8.52. The van der Waals surface area contributed by atoms with E-state index in [0.717, 1.165) is 12.0 Å². The smallest absolute Gasteiger partial charge is 0.117 e. The molecular formula is C9H9B4N. The van der Waals surface area contributed by atoms with Gasteiger partial charge in [0.15, 0.2) is 0 Å². The van der Waals surface area contributed by atoms with Gasteiger partial charge in [-0.2, -0.15) is 0 Å². The molecule has 0 unspecified atom stereocenters. The maximum Gasteiger partial charge on any atom is 0.117 e. The molecule has 1 N–H and O–H groups in total. The van der Waals surface area contributed by atoms with E-state index in [1.807, 2.05) is 6.92 Å². The van der Waals surface area contributed by atoms with Crippen molar-refractivity contribution in [2.24, 2.45) is 0 Å². The van der Waals surface area contributed by atoms with Crippen LogP contribution in [0.3, 0.4) is 0 Å². The Morgan fingerprint density at radius 2 is 1.50 bits per heavy atom. The zero-order valence-electron chi connectivity index (χ0n) is 8.52. The molecule has 0 aliphatic heterocycles. The number of anilines is 1. The molecular weight excluding hydrogens is 165 g/mol. The fourth-order valence-corrected chi connectivity index (χ4v) is 1.53. The SMILES string of the molecule is [B]c1c([B])c(CC)c([B])c(NC)c1[B]. The molecule has 0 atom stereocenters. The third-order valence-electron chi connectivity index (χ3n) is 2.37. The van der Waals surface area contributed by atoms with E-state index in [-0.39, 0.29) is 0 Å². The Hall–Kier alpha value is -0.720. The van der Waals surface area contributed by atoms with E-state index in [9.17, 15) is 0 Å². The van der Waals surface area contributed by atoms with Gasteiger partial charge in [0.2, 0.25) is 0 Å². The van der Waals surface area contributed by atoms with Crippen LogP contribution < -0.4 is 27.2 Å². The predicted octanol–water partition coefficient (Wildman–Crippen LogP) is -2.53. The lowest BCUT2D eigenvalue weighted by Gasteiger charge is -2.21. The lowest BCUT2D eigenvalue weighted by molar-refractivity contribution is 1.17. The highest BCUT2D eigenvalue weighted by Gasteiger charge is 2.10. The Kier molecular flexibility index (Phi) is 3.41. The molecule has 8 radical (unpaired) electrons. The Balaban J connectivity index is 3.56. The molecule has 0 aliphatic carbocycles. The second kappa shape index (κ2) is 4.20. The highest BCUT2D eigenvalue weighted by molar-refractivity contribution is 6.61. The Morgan fingerprint density at radius 1 is 0.929 bits per heavy atom. The molecule has 5 heteroatoms. The number of nitrogens with one attached hydrogen (secondary N) is 1. The second-order valence-electron chi connectivity index (χ2n) is 3.11. The van der Waals surface area contributed by atoms with Crippen molar-refractivity contribution in [3.8, 4) is 0 Å². The molecule has 0 saturated carbocycles. The van der Waals surface area contributed by atoms with Gasteiger partial charge in [0.25, 0.3) is 0 Å². The first kappa shape index (κ1) is 11.4. The molecule has 0 bridgehead atoms. The van der Waals surface area contributed by atoms with Gasteiger partial charge in [0.1, 0.15) is 31.4 Å². The Morgan fingerprint density at radius 3 is 1.93 bits per heavy atom. The van der Waals surface area contributed by atoms with Crippen LogP contribution >= 0.6 is 0 Å².